The monoisotopic (exact) mass is 1220 g/mol. The van der Waals surface area contributed by atoms with Crippen LogP contribution in [0.3, 0.4) is 0 Å². The summed E-state index contributed by atoms with van der Waals surface area (Å²) in [6, 6.07) is 66.2. The molecule has 17 nitrogen and oxygen atoms in total. The van der Waals surface area contributed by atoms with Crippen LogP contribution in [0.2, 0.25) is 0 Å². The lowest BCUT2D eigenvalue weighted by atomic mass is 10.3. The van der Waals surface area contributed by atoms with E-state index in [4.69, 9.17) is 46.7 Å². The summed E-state index contributed by atoms with van der Waals surface area (Å²) < 4.78 is 14.6. The molecule has 8 heterocycles. The average Bonchev–Trinajstić information content (AvgIpc) is 3.57. The molecule has 12 aromatic rings. The van der Waals surface area contributed by atoms with Gasteiger partial charge in [0.1, 0.15) is 34.5 Å². The van der Waals surface area contributed by atoms with Crippen LogP contribution in [0.25, 0.3) is 0 Å². The number of anilines is 3. The normalized spacial score (nSPS) is 8.62. The minimum atomic E-state index is 0.211. The molecule has 0 aliphatic carbocycles. The van der Waals surface area contributed by atoms with Gasteiger partial charge in [-0.05, 0) is 146 Å². The smallest absolute Gasteiger partial charge is 0.137 e. The number of thiol groups is 3. The molecule has 0 atom stereocenters. The van der Waals surface area contributed by atoms with Crippen molar-refractivity contribution >= 4 is 54.9 Å². The summed E-state index contributed by atoms with van der Waals surface area (Å²) in [6.45, 7) is 0. The van der Waals surface area contributed by atoms with Crippen molar-refractivity contribution in [1.29, 1.82) is 0 Å². The molecule has 12 rings (SSSR count). The molecule has 0 amide bonds. The molecular formula is C67H73N11O6S3. The number of ether oxygens (including phenoxy) is 3. The van der Waals surface area contributed by atoms with Crippen molar-refractivity contribution < 1.29 is 29.5 Å². The van der Waals surface area contributed by atoms with Gasteiger partial charge in [0.05, 0.1) is 57.5 Å². The van der Waals surface area contributed by atoms with Crippen LogP contribution in [0.4, 0.5) is 17.1 Å². The molecule has 0 saturated carbocycles. The van der Waals surface area contributed by atoms with Crippen LogP contribution in [0, 0.1) is 0 Å². The highest BCUT2D eigenvalue weighted by molar-refractivity contribution is 7.80. The van der Waals surface area contributed by atoms with E-state index in [1.165, 1.54) is 12.4 Å². The summed E-state index contributed by atoms with van der Waals surface area (Å²) in [5.41, 5.74) is 18.2. The molecule has 450 valence electrons. The lowest BCUT2D eigenvalue weighted by Crippen LogP contribution is -1.82. The quantitative estimate of drug-likeness (QED) is 0.0588. The Morgan fingerprint density at radius 1 is 0.253 bits per heavy atom. The second-order valence-electron chi connectivity index (χ2n) is 15.8. The Morgan fingerprint density at radius 3 is 0.644 bits per heavy atom. The second kappa shape index (κ2) is 53.3. The molecule has 0 aliphatic rings. The molecule has 0 radical (unpaired) electrons. The Hall–Kier alpha value is -10.7. The van der Waals surface area contributed by atoms with Gasteiger partial charge < -0.3 is 46.7 Å². The number of rotatable bonds is 3. The van der Waals surface area contributed by atoms with Crippen LogP contribution in [-0.4, -0.2) is 76.5 Å². The Bertz CT molecular complexity index is 2700. The summed E-state index contributed by atoms with van der Waals surface area (Å²) in [5.74, 6) is 3.25. The number of nitrogen functional groups attached to an aromatic ring is 3. The minimum Gasteiger partial charge on any atom is -0.508 e. The van der Waals surface area contributed by atoms with Crippen LogP contribution in [0.5, 0.6) is 34.5 Å². The maximum absolute atomic E-state index is 8.63. The lowest BCUT2D eigenvalue weighted by molar-refractivity contribution is 0.413. The van der Waals surface area contributed by atoms with E-state index in [0.29, 0.717) is 17.1 Å². The van der Waals surface area contributed by atoms with Gasteiger partial charge in [-0.1, -0.05) is 72.8 Å². The first-order chi connectivity index (χ1) is 42.3. The van der Waals surface area contributed by atoms with E-state index in [0.717, 1.165) is 37.6 Å². The summed E-state index contributed by atoms with van der Waals surface area (Å²) in [6.07, 6.45) is 26.2. The Balaban J connectivity index is 0.000000475. The molecule has 0 spiro atoms. The zero-order chi connectivity index (χ0) is 63.5. The molecule has 4 aromatic carbocycles. The third-order valence-corrected chi connectivity index (χ3v) is 9.81. The van der Waals surface area contributed by atoms with Crippen LogP contribution >= 0.6 is 37.9 Å². The maximum atomic E-state index is 8.63. The number of benzene rings is 4. The van der Waals surface area contributed by atoms with E-state index >= 15 is 0 Å². The van der Waals surface area contributed by atoms with Crippen molar-refractivity contribution in [2.24, 2.45) is 0 Å². The zero-order valence-corrected chi connectivity index (χ0v) is 50.9. The van der Waals surface area contributed by atoms with Crippen LogP contribution in [-0.2, 0) is 0 Å². The van der Waals surface area contributed by atoms with Crippen LogP contribution in [0.15, 0.2) is 332 Å². The highest BCUT2D eigenvalue weighted by Crippen LogP contribution is 2.08. The van der Waals surface area contributed by atoms with E-state index in [-0.39, 0.29) is 11.5 Å². The first-order valence-electron chi connectivity index (χ1n) is 25.8. The van der Waals surface area contributed by atoms with Crippen molar-refractivity contribution in [3.8, 4) is 34.5 Å². The van der Waals surface area contributed by atoms with Gasteiger partial charge in [-0.15, -0.1) is 37.9 Å². The number of phenolic OH excluding ortho intramolecular Hbond substituents is 1. The van der Waals surface area contributed by atoms with Gasteiger partial charge in [-0.25, -0.2) is 0 Å². The largest absolute Gasteiger partial charge is 0.508 e. The second-order valence-corrected chi connectivity index (χ2v) is 17.4. The van der Waals surface area contributed by atoms with Crippen molar-refractivity contribution in [3.05, 3.63) is 318 Å². The van der Waals surface area contributed by atoms with E-state index in [1.807, 2.05) is 146 Å². The topological polar surface area (TPSA) is 270 Å². The molecule has 9 N–H and O–H groups in total. The van der Waals surface area contributed by atoms with Gasteiger partial charge in [-0.2, -0.15) is 0 Å². The first kappa shape index (κ1) is 74.3. The summed E-state index contributed by atoms with van der Waals surface area (Å²) >= 11 is 12.1. The number of hydrogen-bond acceptors (Lipinski definition) is 20. The molecule has 0 bridgehead atoms. The van der Waals surface area contributed by atoms with Crippen molar-refractivity contribution in [3.63, 3.8) is 0 Å². The van der Waals surface area contributed by atoms with Gasteiger partial charge in [0.15, 0.2) is 0 Å². The maximum Gasteiger partial charge on any atom is 0.137 e. The predicted molar refractivity (Wildman–Crippen MR) is 359 cm³/mol. The van der Waals surface area contributed by atoms with Crippen molar-refractivity contribution in [2.45, 2.75) is 14.7 Å². The van der Waals surface area contributed by atoms with Gasteiger partial charge in [0.25, 0.3) is 0 Å². The van der Waals surface area contributed by atoms with E-state index < -0.39 is 0 Å². The molecule has 0 unspecified atom stereocenters. The third kappa shape index (κ3) is 48.6. The number of nitrogens with zero attached hydrogens (tertiary/aromatic N) is 8. The molecule has 8 aromatic heterocycles. The zero-order valence-electron chi connectivity index (χ0n) is 48.2. The number of aromatic nitrogens is 8. The molecular weight excluding hydrogens is 1150 g/mol. The third-order valence-electron chi connectivity index (χ3n) is 8.98. The number of para-hydroxylation sites is 3. The van der Waals surface area contributed by atoms with Crippen molar-refractivity contribution in [2.75, 3.05) is 38.5 Å². The predicted octanol–water partition coefficient (Wildman–Crippen LogP) is 14.2. The van der Waals surface area contributed by atoms with Gasteiger partial charge in [0, 0.05) is 94.7 Å². The van der Waals surface area contributed by atoms with Gasteiger partial charge in [0.2, 0.25) is 0 Å². The van der Waals surface area contributed by atoms with Crippen LogP contribution < -0.4 is 31.4 Å². The van der Waals surface area contributed by atoms with Crippen LogP contribution in [0.1, 0.15) is 0 Å². The molecule has 0 aliphatic heterocycles. The number of methoxy groups -OCH3 is 3. The van der Waals surface area contributed by atoms with E-state index in [2.05, 4.69) is 77.8 Å². The Morgan fingerprint density at radius 2 is 0.506 bits per heavy atom. The summed E-state index contributed by atoms with van der Waals surface area (Å²) in [4.78, 5) is 32.9. The Labute approximate surface area is 526 Å². The fourth-order valence-corrected chi connectivity index (χ4v) is 5.45. The molecule has 20 heteroatoms. The molecule has 87 heavy (non-hydrogen) atoms. The number of pyridine rings is 8. The number of aromatic hydroxyl groups is 3. The summed E-state index contributed by atoms with van der Waals surface area (Å²) in [5, 5.41) is 25.8. The molecule has 0 saturated heterocycles. The number of nitrogens with two attached hydrogens (primary N) is 3. The average molecular weight is 1220 g/mol. The SMILES string of the molecule is COc1ccccc1.COc1cccnc1.COc1cccnc1.Nc1ccccc1.Nc1cccnc1.Nc1cccnc1.Oc1ccccc1.Oc1cccnc1.Oc1cccnc1.Sc1ccccc1.Sc1cccnc1.Sc1cccnc1. The van der Waals surface area contributed by atoms with Gasteiger partial charge >= 0.3 is 0 Å². The minimum absolute atomic E-state index is 0.211. The lowest BCUT2D eigenvalue weighted by Gasteiger charge is -1.93. The summed E-state index contributed by atoms with van der Waals surface area (Å²) in [7, 11) is 4.91. The van der Waals surface area contributed by atoms with E-state index in [1.54, 1.807) is 181 Å². The fraction of sp³-hybridized carbons (Fsp3) is 0.0448. The highest BCUT2D eigenvalue weighted by Gasteiger charge is 1.84. The number of hydrogen-bond donors (Lipinski definition) is 9. The van der Waals surface area contributed by atoms with Gasteiger partial charge in [-0.3, -0.25) is 39.9 Å². The molecule has 0 fully saturated rings. The van der Waals surface area contributed by atoms with E-state index in [9.17, 15) is 0 Å². The number of phenols is 1. The fourth-order valence-electron chi connectivity index (χ4n) is 4.97. The standard InChI is InChI=1S/C7H8O.2C6H7NO.C6H7N.C6H6O.C6H6S.2C5H6N2.2C5H5NO.2C5H5NS/c1-8-7-5-3-2-4-6-7;2*1-8-6-3-2-4-7-5-6;3*7-6-4-2-1-3-5-6;2*6-5-2-1-3-7-4-5;4*7-5-2-1-3-6-4-5/h2-6H,1H3;2*2-5H,1H3;1-5H,7H2;2*1-5,7H;2*1-4H,6H2;4*1-4,7H. The first-order valence-corrected chi connectivity index (χ1v) is 27.1. The van der Waals surface area contributed by atoms with Crippen molar-refractivity contribution in [1.82, 2.24) is 39.9 Å². The Kier molecular flexibility index (Phi) is 45.6. The highest BCUT2D eigenvalue weighted by atomic mass is 32.1.